The molecular formula is C23H16FN5O. The van der Waals surface area contributed by atoms with Gasteiger partial charge in [0, 0.05) is 41.5 Å². The van der Waals surface area contributed by atoms with E-state index in [-0.39, 0.29) is 11.6 Å². The number of aromatic amines is 1. The molecule has 5 rings (SSSR count). The highest BCUT2D eigenvalue weighted by Gasteiger charge is 2.17. The molecule has 0 saturated heterocycles. The Bertz CT molecular complexity index is 1350. The van der Waals surface area contributed by atoms with Crippen molar-refractivity contribution in [2.24, 2.45) is 0 Å². The van der Waals surface area contributed by atoms with Crippen molar-refractivity contribution in [2.75, 3.05) is 5.32 Å². The molecule has 7 heteroatoms. The largest absolute Gasteiger partial charge is 0.508 e. The van der Waals surface area contributed by atoms with Gasteiger partial charge in [-0.1, -0.05) is 18.2 Å². The van der Waals surface area contributed by atoms with E-state index in [4.69, 9.17) is 0 Å². The molecule has 0 atom stereocenters. The predicted molar refractivity (Wildman–Crippen MR) is 114 cm³/mol. The topological polar surface area (TPSA) is 86.7 Å². The number of halogens is 1. The van der Waals surface area contributed by atoms with E-state index in [0.717, 1.165) is 28.1 Å². The summed E-state index contributed by atoms with van der Waals surface area (Å²) in [5, 5.41) is 12.9. The van der Waals surface area contributed by atoms with Gasteiger partial charge in [0.05, 0.1) is 5.69 Å². The van der Waals surface area contributed by atoms with Crippen molar-refractivity contribution >= 4 is 22.7 Å². The minimum absolute atomic E-state index is 0.169. The van der Waals surface area contributed by atoms with Crippen molar-refractivity contribution in [1.82, 2.24) is 19.9 Å². The number of aromatic nitrogens is 4. The van der Waals surface area contributed by atoms with Crippen molar-refractivity contribution < 1.29 is 9.50 Å². The van der Waals surface area contributed by atoms with Crippen LogP contribution in [0.2, 0.25) is 0 Å². The first-order valence-corrected chi connectivity index (χ1v) is 9.28. The van der Waals surface area contributed by atoms with Crippen LogP contribution in [0.15, 0.2) is 79.3 Å². The van der Waals surface area contributed by atoms with Crippen LogP contribution in [0.25, 0.3) is 33.5 Å². The SMILES string of the molecule is Oc1cccc(Nc2cc(-c3[nH]c4nccnc4c3-c3ccc(F)cc3)ccn2)c1. The van der Waals surface area contributed by atoms with Gasteiger partial charge in [-0.05, 0) is 42.0 Å². The molecule has 0 aliphatic carbocycles. The Kier molecular flexibility index (Phi) is 4.33. The number of pyridine rings is 1. The van der Waals surface area contributed by atoms with Gasteiger partial charge in [0.2, 0.25) is 0 Å². The number of phenolic OH excluding ortho intramolecular Hbond substituents is 1. The number of anilines is 2. The highest BCUT2D eigenvalue weighted by Crippen LogP contribution is 2.37. The number of nitrogens with zero attached hydrogens (tertiary/aromatic N) is 3. The average Bonchev–Trinajstić information content (AvgIpc) is 3.14. The second-order valence-corrected chi connectivity index (χ2v) is 6.74. The Labute approximate surface area is 171 Å². The van der Waals surface area contributed by atoms with Crippen LogP contribution in [-0.2, 0) is 0 Å². The zero-order valence-electron chi connectivity index (χ0n) is 15.7. The first-order chi connectivity index (χ1) is 14.7. The van der Waals surface area contributed by atoms with E-state index in [9.17, 15) is 9.50 Å². The van der Waals surface area contributed by atoms with Crippen LogP contribution in [0.1, 0.15) is 0 Å². The molecule has 3 aromatic heterocycles. The summed E-state index contributed by atoms with van der Waals surface area (Å²) in [7, 11) is 0. The van der Waals surface area contributed by atoms with E-state index >= 15 is 0 Å². The van der Waals surface area contributed by atoms with Crippen LogP contribution in [-0.4, -0.2) is 25.0 Å². The minimum Gasteiger partial charge on any atom is -0.508 e. The van der Waals surface area contributed by atoms with Crippen molar-refractivity contribution in [3.05, 3.63) is 85.1 Å². The summed E-state index contributed by atoms with van der Waals surface area (Å²) in [5.41, 5.74) is 5.42. The van der Waals surface area contributed by atoms with Crippen LogP contribution >= 0.6 is 0 Å². The van der Waals surface area contributed by atoms with Gasteiger partial charge in [-0.3, -0.25) is 4.98 Å². The van der Waals surface area contributed by atoms with Gasteiger partial charge in [0.15, 0.2) is 5.65 Å². The van der Waals surface area contributed by atoms with Crippen LogP contribution in [0, 0.1) is 5.82 Å². The molecule has 30 heavy (non-hydrogen) atoms. The standard InChI is InChI=1S/C23H16FN5O/c24-16-6-4-14(5-7-16)20-21(29-23-22(20)26-10-11-27-23)15-8-9-25-19(12-15)28-17-2-1-3-18(30)13-17/h1-13,30H,(H,25,28)(H,27,29). The molecule has 0 radical (unpaired) electrons. The molecule has 3 heterocycles. The minimum atomic E-state index is -0.298. The molecule has 0 amide bonds. The van der Waals surface area contributed by atoms with Crippen LogP contribution in [0.3, 0.4) is 0 Å². The van der Waals surface area contributed by atoms with Gasteiger partial charge in [-0.25, -0.2) is 14.4 Å². The number of hydrogen-bond acceptors (Lipinski definition) is 5. The van der Waals surface area contributed by atoms with Crippen LogP contribution in [0.4, 0.5) is 15.9 Å². The zero-order chi connectivity index (χ0) is 20.5. The van der Waals surface area contributed by atoms with E-state index in [2.05, 4.69) is 25.3 Å². The summed E-state index contributed by atoms with van der Waals surface area (Å²) in [6.07, 6.45) is 4.95. The predicted octanol–water partition coefficient (Wildman–Crippen LogP) is 5.28. The van der Waals surface area contributed by atoms with E-state index in [0.29, 0.717) is 17.0 Å². The van der Waals surface area contributed by atoms with Gasteiger partial charge in [-0.2, -0.15) is 0 Å². The number of rotatable bonds is 4. The fourth-order valence-corrected chi connectivity index (χ4v) is 3.41. The van der Waals surface area contributed by atoms with Crippen molar-refractivity contribution in [2.45, 2.75) is 0 Å². The molecule has 5 aromatic rings. The van der Waals surface area contributed by atoms with E-state index in [1.54, 1.807) is 48.9 Å². The first-order valence-electron chi connectivity index (χ1n) is 9.28. The average molecular weight is 397 g/mol. The molecule has 0 spiro atoms. The lowest BCUT2D eigenvalue weighted by Crippen LogP contribution is -1.94. The number of phenols is 1. The maximum Gasteiger partial charge on any atom is 0.157 e. The second-order valence-electron chi connectivity index (χ2n) is 6.74. The number of nitrogens with one attached hydrogen (secondary N) is 2. The van der Waals surface area contributed by atoms with Gasteiger partial charge in [0.25, 0.3) is 0 Å². The Balaban J connectivity index is 1.63. The molecule has 0 saturated carbocycles. The number of H-pyrrole nitrogens is 1. The lowest BCUT2D eigenvalue weighted by molar-refractivity contribution is 0.475. The van der Waals surface area contributed by atoms with E-state index < -0.39 is 0 Å². The summed E-state index contributed by atoms with van der Waals surface area (Å²) in [6.45, 7) is 0. The van der Waals surface area contributed by atoms with E-state index in [1.165, 1.54) is 12.1 Å². The number of aromatic hydroxyl groups is 1. The first kappa shape index (κ1) is 17.8. The fourth-order valence-electron chi connectivity index (χ4n) is 3.41. The molecule has 0 bridgehead atoms. The van der Waals surface area contributed by atoms with Crippen molar-refractivity contribution in [1.29, 1.82) is 0 Å². The Morgan fingerprint density at radius 2 is 1.67 bits per heavy atom. The molecule has 0 aliphatic rings. The molecule has 3 N–H and O–H groups in total. The number of fused-ring (bicyclic) bond motifs is 1. The summed E-state index contributed by atoms with van der Waals surface area (Å²) in [5.74, 6) is 0.484. The molecule has 0 fully saturated rings. The summed E-state index contributed by atoms with van der Waals surface area (Å²) in [6, 6.07) is 16.9. The van der Waals surface area contributed by atoms with Gasteiger partial charge >= 0.3 is 0 Å². The Morgan fingerprint density at radius 3 is 2.50 bits per heavy atom. The van der Waals surface area contributed by atoms with Gasteiger partial charge < -0.3 is 15.4 Å². The lowest BCUT2D eigenvalue weighted by Gasteiger charge is -2.09. The molecule has 0 unspecified atom stereocenters. The lowest BCUT2D eigenvalue weighted by atomic mass is 10.0. The quantitative estimate of drug-likeness (QED) is 0.384. The maximum atomic E-state index is 13.5. The fraction of sp³-hybridized carbons (Fsp3) is 0. The number of benzene rings is 2. The normalized spacial score (nSPS) is 11.0. The van der Waals surface area contributed by atoms with Crippen LogP contribution in [0.5, 0.6) is 5.75 Å². The Hall–Kier alpha value is -4.26. The highest BCUT2D eigenvalue weighted by molar-refractivity contribution is 6.00. The smallest absolute Gasteiger partial charge is 0.157 e. The molecule has 146 valence electrons. The second kappa shape index (κ2) is 7.29. The van der Waals surface area contributed by atoms with E-state index in [1.807, 2.05) is 18.2 Å². The monoisotopic (exact) mass is 397 g/mol. The summed E-state index contributed by atoms with van der Waals surface area (Å²) < 4.78 is 13.5. The van der Waals surface area contributed by atoms with Gasteiger partial charge in [0.1, 0.15) is 22.9 Å². The van der Waals surface area contributed by atoms with Crippen LogP contribution < -0.4 is 5.32 Å². The molecule has 6 nitrogen and oxygen atoms in total. The van der Waals surface area contributed by atoms with Crippen molar-refractivity contribution in [3.8, 4) is 28.1 Å². The highest BCUT2D eigenvalue weighted by atomic mass is 19.1. The summed E-state index contributed by atoms with van der Waals surface area (Å²) in [4.78, 5) is 16.6. The summed E-state index contributed by atoms with van der Waals surface area (Å²) >= 11 is 0. The van der Waals surface area contributed by atoms with Gasteiger partial charge in [-0.15, -0.1) is 0 Å². The molecular weight excluding hydrogens is 381 g/mol. The molecule has 2 aromatic carbocycles. The maximum absolute atomic E-state index is 13.5. The third kappa shape index (κ3) is 3.33. The zero-order valence-corrected chi connectivity index (χ0v) is 15.7. The molecule has 0 aliphatic heterocycles. The third-order valence-corrected chi connectivity index (χ3v) is 4.73. The third-order valence-electron chi connectivity index (χ3n) is 4.73. The number of hydrogen-bond donors (Lipinski definition) is 3. The van der Waals surface area contributed by atoms with Crippen molar-refractivity contribution in [3.63, 3.8) is 0 Å². The Morgan fingerprint density at radius 1 is 0.833 bits per heavy atom.